The molecular weight excluding hydrogens is 325 g/mol. The van der Waals surface area contributed by atoms with Crippen molar-refractivity contribution in [1.29, 1.82) is 0 Å². The highest BCUT2D eigenvalue weighted by atomic mass is 35.5. The van der Waals surface area contributed by atoms with Crippen molar-refractivity contribution in [2.75, 3.05) is 6.54 Å². The molecule has 0 fully saturated rings. The van der Waals surface area contributed by atoms with E-state index < -0.39 is 24.4 Å². The molecule has 1 aromatic rings. The zero-order valence-corrected chi connectivity index (χ0v) is 12.0. The molecule has 0 heterocycles. The molecule has 21 heavy (non-hydrogen) atoms. The Balaban J connectivity index is 2.88. The van der Waals surface area contributed by atoms with Gasteiger partial charge >= 0.3 is 18.3 Å². The number of hydrogen-bond acceptors (Lipinski definition) is 5. The van der Waals surface area contributed by atoms with Crippen LogP contribution in [0.15, 0.2) is 18.2 Å². The summed E-state index contributed by atoms with van der Waals surface area (Å²) in [5, 5.41) is 2.57. The molecule has 114 valence electrons. The third-order valence-corrected chi connectivity index (χ3v) is 2.86. The van der Waals surface area contributed by atoms with Crippen LogP contribution in [0.4, 0.5) is 14.4 Å². The van der Waals surface area contributed by atoms with Crippen molar-refractivity contribution < 1.29 is 23.9 Å². The Morgan fingerprint density at radius 3 is 2.19 bits per heavy atom. The second-order valence-electron chi connectivity index (χ2n) is 3.65. The molecule has 0 saturated carbocycles. The number of ether oxygens (including phenoxy) is 2. The zero-order valence-electron chi connectivity index (χ0n) is 10.5. The Bertz CT molecular complexity index is 547. The summed E-state index contributed by atoms with van der Waals surface area (Å²) in [7, 11) is 0. The molecule has 5 N–H and O–H groups in total. The second-order valence-corrected chi connectivity index (χ2v) is 4.46. The number of carbonyl (C=O) groups is 3. The highest BCUT2D eigenvalue weighted by Gasteiger charge is 2.22. The maximum Gasteiger partial charge on any atom is 0.416 e. The fourth-order valence-electron chi connectivity index (χ4n) is 1.46. The minimum atomic E-state index is -1.28. The smallest absolute Gasteiger partial charge is 0.416 e. The minimum absolute atomic E-state index is 0.207. The van der Waals surface area contributed by atoms with Crippen LogP contribution in [-0.2, 0) is 9.47 Å². The number of halogens is 2. The van der Waals surface area contributed by atoms with E-state index in [1.54, 1.807) is 6.07 Å². The summed E-state index contributed by atoms with van der Waals surface area (Å²) in [6.45, 7) is -0.279. The molecule has 0 bridgehead atoms. The van der Waals surface area contributed by atoms with Crippen LogP contribution in [0, 0.1) is 0 Å². The molecule has 0 aliphatic carbocycles. The van der Waals surface area contributed by atoms with Gasteiger partial charge in [-0.25, -0.2) is 14.4 Å². The maximum absolute atomic E-state index is 11.2. The summed E-state index contributed by atoms with van der Waals surface area (Å²) in [5.74, 6) is 0. The van der Waals surface area contributed by atoms with E-state index in [1.165, 1.54) is 12.1 Å². The topological polar surface area (TPSA) is 134 Å². The summed E-state index contributed by atoms with van der Waals surface area (Å²) >= 11 is 11.9. The van der Waals surface area contributed by atoms with Crippen molar-refractivity contribution in [3.05, 3.63) is 33.8 Å². The van der Waals surface area contributed by atoms with Gasteiger partial charge in [-0.3, -0.25) is 0 Å². The monoisotopic (exact) mass is 335 g/mol. The highest BCUT2D eigenvalue weighted by Crippen LogP contribution is 2.32. The Hall–Kier alpha value is -2.19. The molecule has 0 radical (unpaired) electrons. The van der Waals surface area contributed by atoms with Crippen LogP contribution in [0.1, 0.15) is 11.7 Å². The number of alkyl carbamates (subject to hydrolysis) is 1. The summed E-state index contributed by atoms with van der Waals surface area (Å²) in [6.07, 6.45) is -4.57. The second kappa shape index (κ2) is 7.55. The van der Waals surface area contributed by atoms with Crippen molar-refractivity contribution in [3.63, 3.8) is 0 Å². The molecule has 8 nitrogen and oxygen atoms in total. The number of carbonyl (C=O) groups excluding carboxylic acids is 3. The van der Waals surface area contributed by atoms with Crippen molar-refractivity contribution in [1.82, 2.24) is 5.32 Å². The van der Waals surface area contributed by atoms with Gasteiger partial charge in [0, 0.05) is 15.6 Å². The number of nitrogens with one attached hydrogen (secondary N) is 1. The molecule has 3 amide bonds. The lowest BCUT2D eigenvalue weighted by atomic mass is 10.1. The van der Waals surface area contributed by atoms with Crippen LogP contribution < -0.4 is 16.8 Å². The van der Waals surface area contributed by atoms with Gasteiger partial charge in [-0.1, -0.05) is 29.3 Å². The molecule has 0 saturated heterocycles. The Morgan fingerprint density at radius 2 is 1.71 bits per heavy atom. The summed E-state index contributed by atoms with van der Waals surface area (Å²) in [5.41, 5.74) is 9.87. The van der Waals surface area contributed by atoms with Gasteiger partial charge in [0.2, 0.25) is 0 Å². The highest BCUT2D eigenvalue weighted by molar-refractivity contribution is 6.36. The Kier molecular flexibility index (Phi) is 6.07. The zero-order chi connectivity index (χ0) is 16.0. The average Bonchev–Trinajstić information content (AvgIpc) is 2.34. The van der Waals surface area contributed by atoms with Crippen molar-refractivity contribution >= 4 is 41.5 Å². The van der Waals surface area contributed by atoms with E-state index in [-0.39, 0.29) is 22.2 Å². The van der Waals surface area contributed by atoms with Crippen LogP contribution in [0.5, 0.6) is 0 Å². The first-order valence-electron chi connectivity index (χ1n) is 5.46. The quantitative estimate of drug-likeness (QED) is 0.722. The predicted octanol–water partition coefficient (Wildman–Crippen LogP) is 1.93. The number of benzene rings is 1. The predicted molar refractivity (Wildman–Crippen MR) is 73.9 cm³/mol. The van der Waals surface area contributed by atoms with Gasteiger partial charge in [-0.05, 0) is 12.1 Å². The third kappa shape index (κ3) is 5.36. The number of hydrogen-bond donors (Lipinski definition) is 3. The van der Waals surface area contributed by atoms with Gasteiger partial charge in [0.25, 0.3) is 0 Å². The van der Waals surface area contributed by atoms with Crippen LogP contribution in [0.3, 0.4) is 0 Å². The molecule has 10 heteroatoms. The van der Waals surface area contributed by atoms with E-state index in [0.717, 1.165) is 0 Å². The summed E-state index contributed by atoms with van der Waals surface area (Å²) in [4.78, 5) is 32.5. The molecule has 1 unspecified atom stereocenters. The van der Waals surface area contributed by atoms with Crippen LogP contribution in [0.25, 0.3) is 0 Å². The standard InChI is InChI=1S/C11H11Cl2N3O5/c12-5-2-1-3-6(13)8(5)7(20-9(14)17)4-16-11(19)21-10(15)18/h1-3,7H,4H2,(H2,14,17)(H2,15,18)(H,16,19). The Morgan fingerprint density at radius 1 is 1.14 bits per heavy atom. The molecule has 0 aromatic heterocycles. The van der Waals surface area contributed by atoms with Gasteiger partial charge in [-0.2, -0.15) is 0 Å². The van der Waals surface area contributed by atoms with E-state index in [4.69, 9.17) is 33.7 Å². The largest absolute Gasteiger partial charge is 0.439 e. The SMILES string of the molecule is NC(=O)OC(=O)NCC(OC(N)=O)c1c(Cl)cccc1Cl. The van der Waals surface area contributed by atoms with Crippen molar-refractivity contribution in [3.8, 4) is 0 Å². The number of nitrogens with two attached hydrogens (primary N) is 2. The molecule has 1 rings (SSSR count). The van der Waals surface area contributed by atoms with E-state index in [0.29, 0.717) is 0 Å². The van der Waals surface area contributed by atoms with Crippen molar-refractivity contribution in [2.45, 2.75) is 6.10 Å². The summed E-state index contributed by atoms with van der Waals surface area (Å²) < 4.78 is 8.89. The van der Waals surface area contributed by atoms with Gasteiger partial charge in [0.05, 0.1) is 6.54 Å². The minimum Gasteiger partial charge on any atom is -0.439 e. The van der Waals surface area contributed by atoms with Gasteiger partial charge in [0.15, 0.2) is 0 Å². The van der Waals surface area contributed by atoms with E-state index in [9.17, 15) is 14.4 Å². The molecular formula is C11H11Cl2N3O5. The van der Waals surface area contributed by atoms with E-state index in [2.05, 4.69) is 15.8 Å². The lowest BCUT2D eigenvalue weighted by molar-refractivity contribution is 0.102. The molecule has 1 atom stereocenters. The van der Waals surface area contributed by atoms with Gasteiger partial charge < -0.3 is 26.3 Å². The first-order valence-corrected chi connectivity index (χ1v) is 6.22. The lowest BCUT2D eigenvalue weighted by Crippen LogP contribution is -2.34. The first kappa shape index (κ1) is 16.9. The van der Waals surface area contributed by atoms with Gasteiger partial charge in [0.1, 0.15) is 6.10 Å². The lowest BCUT2D eigenvalue weighted by Gasteiger charge is -2.19. The average molecular weight is 336 g/mol. The van der Waals surface area contributed by atoms with E-state index >= 15 is 0 Å². The summed E-state index contributed by atoms with van der Waals surface area (Å²) in [6, 6.07) is 4.62. The van der Waals surface area contributed by atoms with Crippen LogP contribution in [-0.4, -0.2) is 24.8 Å². The fraction of sp³-hybridized carbons (Fsp3) is 0.182. The normalized spacial score (nSPS) is 11.3. The van der Waals surface area contributed by atoms with Crippen LogP contribution in [0.2, 0.25) is 10.0 Å². The van der Waals surface area contributed by atoms with Gasteiger partial charge in [-0.15, -0.1) is 0 Å². The molecule has 0 aliphatic rings. The maximum atomic E-state index is 11.2. The fourth-order valence-corrected chi connectivity index (χ4v) is 2.11. The number of rotatable bonds is 4. The molecule has 0 spiro atoms. The third-order valence-electron chi connectivity index (χ3n) is 2.21. The van der Waals surface area contributed by atoms with E-state index in [1.807, 2.05) is 0 Å². The molecule has 0 aliphatic heterocycles. The number of primary amides is 2. The first-order chi connectivity index (χ1) is 9.81. The van der Waals surface area contributed by atoms with Crippen LogP contribution >= 0.6 is 23.2 Å². The Labute approximate surface area is 129 Å². The molecule has 1 aromatic carbocycles. The van der Waals surface area contributed by atoms with Crippen molar-refractivity contribution in [2.24, 2.45) is 11.5 Å². The number of amides is 3.